The number of benzene rings is 2. The number of fused-ring (bicyclic) bond motifs is 2. The van der Waals surface area contributed by atoms with Crippen molar-refractivity contribution in [2.24, 2.45) is 0 Å². The van der Waals surface area contributed by atoms with Gasteiger partial charge in [-0.3, -0.25) is 0 Å². The van der Waals surface area contributed by atoms with E-state index in [2.05, 4.69) is 69.4 Å². The van der Waals surface area contributed by atoms with Gasteiger partial charge < -0.3 is 5.32 Å². The summed E-state index contributed by atoms with van der Waals surface area (Å²) in [5.41, 5.74) is 5.45. The Morgan fingerprint density at radius 2 is 1.56 bits per heavy atom. The van der Waals surface area contributed by atoms with Gasteiger partial charge in [-0.25, -0.2) is 0 Å². The summed E-state index contributed by atoms with van der Waals surface area (Å²) in [5, 5.41) is 6.15. The molecule has 1 heteroatoms. The van der Waals surface area contributed by atoms with Crippen LogP contribution in [-0.4, -0.2) is 0 Å². The molecule has 0 radical (unpaired) electrons. The van der Waals surface area contributed by atoms with Gasteiger partial charge in [0.15, 0.2) is 0 Å². The molecule has 1 aliphatic heterocycles. The van der Waals surface area contributed by atoms with Crippen molar-refractivity contribution in [1.29, 1.82) is 0 Å². The maximum Gasteiger partial charge on any atom is 0.0429 e. The van der Waals surface area contributed by atoms with E-state index in [0.717, 1.165) is 0 Å². The van der Waals surface area contributed by atoms with Crippen LogP contribution in [-0.2, 0) is 5.41 Å². The molecule has 0 spiro atoms. The Kier molecular flexibility index (Phi) is 2.28. The Morgan fingerprint density at radius 1 is 0.944 bits per heavy atom. The molecule has 0 amide bonds. The number of nitrogens with one attached hydrogen (secondary N) is 1. The molecular weight excluding hydrogens is 218 g/mol. The minimum absolute atomic E-state index is 0.106. The average molecular weight is 237 g/mol. The second-order valence-corrected chi connectivity index (χ2v) is 5.74. The molecular formula is C17H19N. The molecule has 0 saturated carbocycles. The third-order valence-electron chi connectivity index (χ3n) is 4.38. The Morgan fingerprint density at radius 3 is 2.22 bits per heavy atom. The molecule has 1 nitrogen and oxygen atoms in total. The maximum absolute atomic E-state index is 3.54. The van der Waals surface area contributed by atoms with E-state index in [1.54, 1.807) is 0 Å². The summed E-state index contributed by atoms with van der Waals surface area (Å²) >= 11 is 0. The van der Waals surface area contributed by atoms with Crippen LogP contribution in [0, 0.1) is 0 Å². The molecule has 0 aromatic heterocycles. The summed E-state index contributed by atoms with van der Waals surface area (Å²) in [6, 6.07) is 13.1. The van der Waals surface area contributed by atoms with E-state index in [1.807, 2.05) is 0 Å². The summed E-state index contributed by atoms with van der Waals surface area (Å²) in [6.07, 6.45) is 0. The van der Waals surface area contributed by atoms with Gasteiger partial charge in [-0.15, -0.1) is 0 Å². The average Bonchev–Trinajstić information content (AvgIpc) is 2.35. The highest BCUT2D eigenvalue weighted by Crippen LogP contribution is 2.43. The molecule has 0 saturated heterocycles. The topological polar surface area (TPSA) is 12.0 Å². The van der Waals surface area contributed by atoms with Crippen molar-refractivity contribution in [2.45, 2.75) is 33.1 Å². The minimum atomic E-state index is 0.106. The van der Waals surface area contributed by atoms with Gasteiger partial charge in [0.2, 0.25) is 0 Å². The first-order valence-corrected chi connectivity index (χ1v) is 6.48. The normalized spacial score (nSPS) is 17.6. The number of allylic oxidation sites excluding steroid dienone is 2. The molecule has 92 valence electrons. The Bertz CT molecular complexity index is 662. The minimum Gasteiger partial charge on any atom is -0.359 e. The molecule has 0 aliphatic carbocycles. The Labute approximate surface area is 109 Å². The zero-order valence-electron chi connectivity index (χ0n) is 11.5. The van der Waals surface area contributed by atoms with E-state index in [-0.39, 0.29) is 5.41 Å². The van der Waals surface area contributed by atoms with Crippen LogP contribution in [0.25, 0.3) is 10.8 Å². The second kappa shape index (κ2) is 3.61. The highest BCUT2D eigenvalue weighted by Gasteiger charge is 2.30. The Balaban J connectivity index is 2.32. The van der Waals surface area contributed by atoms with Crippen LogP contribution >= 0.6 is 0 Å². The van der Waals surface area contributed by atoms with Crippen LogP contribution in [0.3, 0.4) is 0 Å². The van der Waals surface area contributed by atoms with E-state index in [1.165, 1.54) is 33.3 Å². The predicted octanol–water partition coefficient (Wildman–Crippen LogP) is 4.84. The third kappa shape index (κ3) is 1.47. The van der Waals surface area contributed by atoms with Gasteiger partial charge in [0, 0.05) is 16.8 Å². The highest BCUT2D eigenvalue weighted by molar-refractivity contribution is 5.89. The molecule has 0 atom stereocenters. The second-order valence-electron chi connectivity index (χ2n) is 5.74. The summed E-state index contributed by atoms with van der Waals surface area (Å²) < 4.78 is 0. The maximum atomic E-state index is 3.54. The van der Waals surface area contributed by atoms with E-state index in [4.69, 9.17) is 0 Å². The molecule has 0 unspecified atom stereocenters. The van der Waals surface area contributed by atoms with Gasteiger partial charge in [-0.1, -0.05) is 38.1 Å². The van der Waals surface area contributed by atoms with Crippen LogP contribution in [0.15, 0.2) is 47.7 Å². The quantitative estimate of drug-likeness (QED) is 0.691. The van der Waals surface area contributed by atoms with Crippen molar-refractivity contribution in [3.05, 3.63) is 53.2 Å². The molecule has 1 aliphatic rings. The predicted molar refractivity (Wildman–Crippen MR) is 79.0 cm³/mol. The number of anilines is 1. The standard InChI is InChI=1S/C17H19N/c1-11-12(2)18-16-10-14-8-6-5-7-13(14)9-15(16)17(11,3)4/h5-10,18H,1-4H3. The zero-order chi connectivity index (χ0) is 12.9. The number of hydrogen-bond acceptors (Lipinski definition) is 1. The van der Waals surface area contributed by atoms with Crippen LogP contribution in [0.4, 0.5) is 5.69 Å². The summed E-state index contributed by atoms with van der Waals surface area (Å²) in [6.45, 7) is 9.00. The van der Waals surface area contributed by atoms with Gasteiger partial charge in [-0.2, -0.15) is 0 Å². The lowest BCUT2D eigenvalue weighted by Gasteiger charge is -2.36. The first-order chi connectivity index (χ1) is 8.50. The highest BCUT2D eigenvalue weighted by atomic mass is 14.9. The fourth-order valence-corrected chi connectivity index (χ4v) is 2.83. The third-order valence-corrected chi connectivity index (χ3v) is 4.38. The van der Waals surface area contributed by atoms with E-state index in [9.17, 15) is 0 Å². The molecule has 2 aromatic rings. The lowest BCUT2D eigenvalue weighted by atomic mass is 9.74. The monoisotopic (exact) mass is 237 g/mol. The van der Waals surface area contributed by atoms with Crippen molar-refractivity contribution < 1.29 is 0 Å². The van der Waals surface area contributed by atoms with Gasteiger partial charge in [0.25, 0.3) is 0 Å². The number of rotatable bonds is 0. The van der Waals surface area contributed by atoms with E-state index >= 15 is 0 Å². The molecule has 1 N–H and O–H groups in total. The number of hydrogen-bond donors (Lipinski definition) is 1. The summed E-state index contributed by atoms with van der Waals surface area (Å²) in [4.78, 5) is 0. The van der Waals surface area contributed by atoms with Crippen LogP contribution in [0.1, 0.15) is 33.3 Å². The smallest absolute Gasteiger partial charge is 0.0429 e. The van der Waals surface area contributed by atoms with Crippen molar-refractivity contribution in [3.8, 4) is 0 Å². The van der Waals surface area contributed by atoms with Crippen molar-refractivity contribution in [2.75, 3.05) is 5.32 Å². The van der Waals surface area contributed by atoms with Crippen molar-refractivity contribution in [3.63, 3.8) is 0 Å². The molecule has 0 bridgehead atoms. The summed E-state index contributed by atoms with van der Waals surface area (Å²) in [7, 11) is 0. The van der Waals surface area contributed by atoms with Gasteiger partial charge in [-0.05, 0) is 47.9 Å². The summed E-state index contributed by atoms with van der Waals surface area (Å²) in [5.74, 6) is 0. The largest absolute Gasteiger partial charge is 0.359 e. The van der Waals surface area contributed by atoms with Crippen molar-refractivity contribution in [1.82, 2.24) is 0 Å². The molecule has 2 aromatic carbocycles. The first kappa shape index (κ1) is 11.3. The van der Waals surface area contributed by atoms with E-state index < -0.39 is 0 Å². The van der Waals surface area contributed by atoms with Crippen LogP contribution in [0.5, 0.6) is 0 Å². The van der Waals surface area contributed by atoms with E-state index in [0.29, 0.717) is 0 Å². The van der Waals surface area contributed by atoms with Crippen LogP contribution < -0.4 is 5.32 Å². The molecule has 0 fully saturated rings. The molecule has 3 rings (SSSR count). The van der Waals surface area contributed by atoms with Gasteiger partial charge in [0.1, 0.15) is 0 Å². The fraction of sp³-hybridized carbons (Fsp3) is 0.294. The van der Waals surface area contributed by atoms with Gasteiger partial charge >= 0.3 is 0 Å². The van der Waals surface area contributed by atoms with Crippen molar-refractivity contribution >= 4 is 16.5 Å². The van der Waals surface area contributed by atoms with Gasteiger partial charge in [0.05, 0.1) is 0 Å². The fourth-order valence-electron chi connectivity index (χ4n) is 2.83. The zero-order valence-corrected chi connectivity index (χ0v) is 11.5. The Hall–Kier alpha value is -1.76. The first-order valence-electron chi connectivity index (χ1n) is 6.48. The lowest BCUT2D eigenvalue weighted by Crippen LogP contribution is -2.27. The molecule has 1 heterocycles. The molecule has 18 heavy (non-hydrogen) atoms. The van der Waals surface area contributed by atoms with Crippen LogP contribution in [0.2, 0.25) is 0 Å². The lowest BCUT2D eigenvalue weighted by molar-refractivity contribution is 0.610. The SMILES string of the molecule is CC1=C(C)C(C)(C)c2cc3ccccc3cc2N1.